The maximum Gasteiger partial charge on any atom is 0.226 e. The smallest absolute Gasteiger partial charge is 0.226 e. The number of nitrogens with one attached hydrogen (secondary N) is 1. The quantitative estimate of drug-likeness (QED) is 0.830. The van der Waals surface area contributed by atoms with Crippen LogP contribution in [-0.2, 0) is 9.59 Å². The van der Waals surface area contributed by atoms with Crippen LogP contribution in [0.25, 0.3) is 0 Å². The van der Waals surface area contributed by atoms with Gasteiger partial charge in [0.25, 0.3) is 0 Å². The van der Waals surface area contributed by atoms with Crippen LogP contribution in [0.4, 0.5) is 0 Å². The van der Waals surface area contributed by atoms with Gasteiger partial charge in [0.2, 0.25) is 11.8 Å². The molecule has 5 nitrogen and oxygen atoms in total. The van der Waals surface area contributed by atoms with Gasteiger partial charge < -0.3 is 15.3 Å². The zero-order valence-corrected chi connectivity index (χ0v) is 13.4. The lowest BCUT2D eigenvalue weighted by molar-refractivity contribution is -0.152. The molecule has 2 N–H and O–H groups in total. The van der Waals surface area contributed by atoms with E-state index < -0.39 is 0 Å². The molecule has 2 fully saturated rings. The lowest BCUT2D eigenvalue weighted by atomic mass is 9.74. The Labute approximate surface area is 136 Å². The molecule has 2 aliphatic rings. The summed E-state index contributed by atoms with van der Waals surface area (Å²) in [6, 6.07) is 9.69. The first-order valence-electron chi connectivity index (χ1n) is 8.42. The lowest BCUT2D eigenvalue weighted by Crippen LogP contribution is -2.68. The van der Waals surface area contributed by atoms with Crippen LogP contribution in [0.5, 0.6) is 0 Å². The van der Waals surface area contributed by atoms with Crippen LogP contribution in [0.3, 0.4) is 0 Å². The highest BCUT2D eigenvalue weighted by atomic mass is 16.3. The van der Waals surface area contributed by atoms with Crippen molar-refractivity contribution in [1.29, 1.82) is 0 Å². The van der Waals surface area contributed by atoms with Crippen LogP contribution in [0.1, 0.15) is 37.7 Å². The molecule has 1 saturated carbocycles. The van der Waals surface area contributed by atoms with Crippen LogP contribution in [0.15, 0.2) is 30.3 Å². The second-order valence-corrected chi connectivity index (χ2v) is 6.43. The van der Waals surface area contributed by atoms with Crippen LogP contribution >= 0.6 is 0 Å². The minimum Gasteiger partial charge on any atom is -0.394 e. The van der Waals surface area contributed by atoms with Gasteiger partial charge in [-0.1, -0.05) is 37.3 Å². The number of aliphatic hydroxyl groups is 1. The molecule has 1 aromatic carbocycles. The van der Waals surface area contributed by atoms with Gasteiger partial charge in [-0.05, 0) is 18.4 Å². The van der Waals surface area contributed by atoms with Gasteiger partial charge in [0.05, 0.1) is 18.7 Å². The Kier molecular flexibility index (Phi) is 4.66. The number of amides is 2. The van der Waals surface area contributed by atoms with Crippen molar-refractivity contribution < 1.29 is 14.7 Å². The average molecular weight is 316 g/mol. The first-order valence-corrected chi connectivity index (χ1v) is 8.42. The highest BCUT2D eigenvalue weighted by molar-refractivity contribution is 5.83. The monoisotopic (exact) mass is 316 g/mol. The number of hydrogen-bond donors (Lipinski definition) is 2. The zero-order valence-electron chi connectivity index (χ0n) is 13.4. The Hall–Kier alpha value is -1.88. The summed E-state index contributed by atoms with van der Waals surface area (Å²) in [5, 5.41) is 12.7. The molecule has 1 aromatic rings. The van der Waals surface area contributed by atoms with Crippen molar-refractivity contribution in [2.75, 3.05) is 13.2 Å². The summed E-state index contributed by atoms with van der Waals surface area (Å²) < 4.78 is 0. The molecule has 1 aliphatic heterocycles. The fourth-order valence-corrected chi connectivity index (χ4v) is 3.50. The number of rotatable bonds is 6. The Balaban J connectivity index is 1.80. The third kappa shape index (κ3) is 3.11. The summed E-state index contributed by atoms with van der Waals surface area (Å²) >= 11 is 0. The van der Waals surface area contributed by atoms with Crippen LogP contribution in [0.2, 0.25) is 0 Å². The van der Waals surface area contributed by atoms with Crippen LogP contribution < -0.4 is 5.32 Å². The van der Waals surface area contributed by atoms with Gasteiger partial charge in [-0.3, -0.25) is 9.59 Å². The number of carbonyl (C=O) groups is 2. The molecule has 0 bridgehead atoms. The molecule has 2 amide bonds. The number of hydrogen-bond acceptors (Lipinski definition) is 3. The minimum absolute atomic E-state index is 0.0110. The number of carbonyl (C=O) groups excluding carboxylic acids is 2. The Bertz CT molecular complexity index is 571. The van der Waals surface area contributed by atoms with Gasteiger partial charge in [-0.2, -0.15) is 0 Å². The molecule has 3 atom stereocenters. The fraction of sp³-hybridized carbons (Fsp3) is 0.556. The fourth-order valence-electron chi connectivity index (χ4n) is 3.50. The molecule has 0 aromatic heterocycles. The molecule has 0 radical (unpaired) electrons. The molecule has 1 heterocycles. The topological polar surface area (TPSA) is 69.6 Å². The van der Waals surface area contributed by atoms with Crippen molar-refractivity contribution in [3.05, 3.63) is 35.9 Å². The van der Waals surface area contributed by atoms with E-state index in [0.29, 0.717) is 13.0 Å². The molecule has 1 aliphatic carbocycles. The molecule has 124 valence electrons. The maximum absolute atomic E-state index is 12.6. The van der Waals surface area contributed by atoms with Crippen molar-refractivity contribution in [3.8, 4) is 0 Å². The van der Waals surface area contributed by atoms with E-state index in [-0.39, 0.29) is 42.3 Å². The van der Waals surface area contributed by atoms with Crippen LogP contribution in [0, 0.1) is 5.92 Å². The molecule has 1 saturated heterocycles. The van der Waals surface area contributed by atoms with E-state index in [1.165, 1.54) is 0 Å². The summed E-state index contributed by atoms with van der Waals surface area (Å²) in [7, 11) is 0. The molecule has 23 heavy (non-hydrogen) atoms. The highest BCUT2D eigenvalue weighted by Gasteiger charge is 2.53. The van der Waals surface area contributed by atoms with Gasteiger partial charge in [-0.15, -0.1) is 0 Å². The molecular formula is C18H24N2O3. The van der Waals surface area contributed by atoms with Gasteiger partial charge in [0.1, 0.15) is 0 Å². The van der Waals surface area contributed by atoms with Crippen molar-refractivity contribution in [1.82, 2.24) is 10.2 Å². The second kappa shape index (κ2) is 6.71. The average Bonchev–Trinajstić information content (AvgIpc) is 3.39. The number of aliphatic hydroxyl groups excluding tert-OH is 1. The highest BCUT2D eigenvalue weighted by Crippen LogP contribution is 2.44. The molecule has 3 rings (SSSR count). The summed E-state index contributed by atoms with van der Waals surface area (Å²) in [6.07, 6.45) is 2.32. The van der Waals surface area contributed by atoms with Gasteiger partial charge in [0, 0.05) is 24.8 Å². The maximum atomic E-state index is 12.6. The molecule has 5 heteroatoms. The minimum atomic E-state index is -0.186. The van der Waals surface area contributed by atoms with Gasteiger partial charge >= 0.3 is 0 Å². The molecular weight excluding hydrogens is 292 g/mol. The lowest BCUT2D eigenvalue weighted by Gasteiger charge is -2.55. The second-order valence-electron chi connectivity index (χ2n) is 6.43. The Morgan fingerprint density at radius 3 is 2.48 bits per heavy atom. The van der Waals surface area contributed by atoms with E-state index in [2.05, 4.69) is 5.32 Å². The third-order valence-corrected chi connectivity index (χ3v) is 4.93. The summed E-state index contributed by atoms with van der Waals surface area (Å²) in [4.78, 5) is 26.0. The van der Waals surface area contributed by atoms with Crippen molar-refractivity contribution >= 4 is 11.8 Å². The van der Waals surface area contributed by atoms with E-state index in [4.69, 9.17) is 0 Å². The first-order chi connectivity index (χ1) is 11.2. The van der Waals surface area contributed by atoms with Crippen molar-refractivity contribution in [2.45, 2.75) is 44.2 Å². The molecule has 0 spiro atoms. The molecule has 0 unspecified atom stereocenters. The van der Waals surface area contributed by atoms with Crippen molar-refractivity contribution in [2.24, 2.45) is 5.92 Å². The standard InChI is InChI=1S/C18H24N2O3/c1-2-16(22)19-10-14-17(12-6-4-3-5-7-12)15(11-21)20(14)18(23)13-8-9-13/h3-7,13-15,17,21H,2,8-11H2,1H3,(H,19,22)/t14-,15-,17+/m1/s1. The normalized spacial score (nSPS) is 26.5. The van der Waals surface area contributed by atoms with Crippen LogP contribution in [-0.4, -0.2) is 47.1 Å². The largest absolute Gasteiger partial charge is 0.394 e. The first kappa shape index (κ1) is 16.0. The summed E-state index contributed by atoms with van der Waals surface area (Å²) in [5.41, 5.74) is 1.11. The summed E-state index contributed by atoms with van der Waals surface area (Å²) in [5.74, 6) is 0.307. The number of benzene rings is 1. The Morgan fingerprint density at radius 2 is 1.91 bits per heavy atom. The zero-order chi connectivity index (χ0) is 16.4. The number of nitrogens with zero attached hydrogens (tertiary/aromatic N) is 1. The van der Waals surface area contributed by atoms with Crippen molar-refractivity contribution in [3.63, 3.8) is 0 Å². The van der Waals surface area contributed by atoms with E-state index >= 15 is 0 Å². The van der Waals surface area contributed by atoms with Gasteiger partial charge in [-0.25, -0.2) is 0 Å². The van der Waals surface area contributed by atoms with E-state index in [1.807, 2.05) is 42.2 Å². The van der Waals surface area contributed by atoms with E-state index in [1.54, 1.807) is 0 Å². The SMILES string of the molecule is CCC(=O)NC[C@@H]1[C@H](c2ccccc2)[C@@H](CO)N1C(=O)C1CC1. The predicted molar refractivity (Wildman–Crippen MR) is 86.7 cm³/mol. The predicted octanol–water partition coefficient (Wildman–Crippen LogP) is 1.28. The van der Waals surface area contributed by atoms with Gasteiger partial charge in [0.15, 0.2) is 0 Å². The van der Waals surface area contributed by atoms with E-state index in [9.17, 15) is 14.7 Å². The van der Waals surface area contributed by atoms with E-state index in [0.717, 1.165) is 18.4 Å². The third-order valence-electron chi connectivity index (χ3n) is 4.93. The Morgan fingerprint density at radius 1 is 1.22 bits per heavy atom. The summed E-state index contributed by atoms with van der Waals surface area (Å²) in [6.45, 7) is 2.21. The number of likely N-dealkylation sites (tertiary alicyclic amines) is 1.